The van der Waals surface area contributed by atoms with E-state index < -0.39 is 22.9 Å². The van der Waals surface area contributed by atoms with Gasteiger partial charge in [0.2, 0.25) is 0 Å². The lowest BCUT2D eigenvalue weighted by Crippen LogP contribution is -2.37. The minimum atomic E-state index is -0.662. The molecule has 0 spiro atoms. The van der Waals surface area contributed by atoms with Crippen molar-refractivity contribution in [1.29, 1.82) is 0 Å². The molecule has 8 heteroatoms. The van der Waals surface area contributed by atoms with E-state index in [2.05, 4.69) is 21.7 Å². The molecule has 6 nitrogen and oxygen atoms in total. The molecule has 1 aliphatic carbocycles. The Bertz CT molecular complexity index is 1240. The number of fused-ring (bicyclic) bond motifs is 1. The molecule has 3 aromatic rings. The number of ether oxygens (including phenoxy) is 1. The van der Waals surface area contributed by atoms with Crippen LogP contribution >= 0.6 is 0 Å². The van der Waals surface area contributed by atoms with Gasteiger partial charge in [-0.25, -0.2) is 4.39 Å². The fourth-order valence-corrected chi connectivity index (χ4v) is 5.89. The number of hydrogen-bond donors (Lipinski definition) is 2. The van der Waals surface area contributed by atoms with Crippen molar-refractivity contribution in [2.45, 2.75) is 51.6 Å². The number of carbonyl (C=O) groups is 1. The summed E-state index contributed by atoms with van der Waals surface area (Å²) in [5, 5.41) is 7.36. The molecule has 36 heavy (non-hydrogen) atoms. The Kier molecular flexibility index (Phi) is 7.74. The van der Waals surface area contributed by atoms with E-state index in [9.17, 15) is 13.7 Å². The van der Waals surface area contributed by atoms with Crippen molar-refractivity contribution in [3.63, 3.8) is 0 Å². The number of benzene rings is 2. The van der Waals surface area contributed by atoms with Gasteiger partial charge in [0.15, 0.2) is 0 Å². The molecule has 1 saturated carbocycles. The predicted octanol–water partition coefficient (Wildman–Crippen LogP) is 5.11. The number of aryl methyl sites for hydroxylation is 1. The lowest BCUT2D eigenvalue weighted by atomic mass is 10.1. The van der Waals surface area contributed by atoms with Gasteiger partial charge in [0, 0.05) is 48.8 Å². The first-order valence-corrected chi connectivity index (χ1v) is 14.2. The topological polar surface area (TPSA) is 86.3 Å². The molecule has 0 radical (unpaired) electrons. The number of carbonyl (C=O) groups excluding carboxylic acids is 1. The first-order chi connectivity index (χ1) is 17.5. The van der Waals surface area contributed by atoms with Crippen LogP contribution in [-0.4, -0.2) is 39.6 Å². The normalized spacial score (nSPS) is 19.9. The van der Waals surface area contributed by atoms with Crippen LogP contribution in [0.1, 0.15) is 53.6 Å². The number of nitrogens with one attached hydrogen (secondary N) is 2. The monoisotopic (exact) mass is 509 g/mol. The molecular formula is C28H32FN3O3S. The highest BCUT2D eigenvalue weighted by Crippen LogP contribution is 2.32. The Labute approximate surface area is 214 Å². The minimum Gasteiger partial charge on any atom is -0.616 e. The van der Waals surface area contributed by atoms with Crippen LogP contribution in [0.2, 0.25) is 0 Å². The Morgan fingerprint density at radius 2 is 1.97 bits per heavy atom. The first-order valence-electron chi connectivity index (χ1n) is 12.7. The van der Waals surface area contributed by atoms with Crippen LogP contribution in [-0.2, 0) is 17.7 Å². The van der Waals surface area contributed by atoms with Gasteiger partial charge in [-0.05, 0) is 54.7 Å². The maximum atomic E-state index is 14.7. The van der Waals surface area contributed by atoms with Crippen molar-refractivity contribution in [3.05, 3.63) is 65.1 Å². The lowest BCUT2D eigenvalue weighted by Gasteiger charge is -2.25. The molecular weight excluding hydrogens is 477 g/mol. The second-order valence-corrected chi connectivity index (χ2v) is 11.5. The summed E-state index contributed by atoms with van der Waals surface area (Å²) in [6.07, 6.45) is 7.21. The molecule has 5 rings (SSSR count). The molecule has 0 atom stereocenters. The third-order valence-electron chi connectivity index (χ3n) is 7.07. The third kappa shape index (κ3) is 6.17. The fraction of sp³-hybridized carbons (Fsp3) is 0.429. The number of pyridine rings is 1. The van der Waals surface area contributed by atoms with Gasteiger partial charge in [0.1, 0.15) is 23.1 Å². The number of anilines is 1. The lowest BCUT2D eigenvalue weighted by molar-refractivity contribution is 0.102. The van der Waals surface area contributed by atoms with E-state index in [1.54, 1.807) is 6.07 Å². The number of rotatable bonds is 9. The quantitative estimate of drug-likeness (QED) is 0.391. The van der Waals surface area contributed by atoms with Gasteiger partial charge in [-0.3, -0.25) is 9.78 Å². The highest BCUT2D eigenvalue weighted by Gasteiger charge is 2.22. The van der Waals surface area contributed by atoms with E-state index >= 15 is 0 Å². The zero-order chi connectivity index (χ0) is 25.1. The van der Waals surface area contributed by atoms with Crippen molar-refractivity contribution in [2.24, 2.45) is 5.92 Å². The SMILES string of the molecule is Cc1c(NC(=O)c2ccc(OCCC3CC3)cc2F)ccc2cc(CN[C@H]3CC[S@+]([O-])CC3)cnc12. The van der Waals surface area contributed by atoms with Gasteiger partial charge in [0.25, 0.3) is 5.91 Å². The minimum absolute atomic E-state index is 0.0232. The van der Waals surface area contributed by atoms with Gasteiger partial charge in [-0.2, -0.15) is 0 Å². The summed E-state index contributed by atoms with van der Waals surface area (Å²) in [7, 11) is 0. The summed E-state index contributed by atoms with van der Waals surface area (Å²) < 4.78 is 31.8. The van der Waals surface area contributed by atoms with Crippen LogP contribution in [0.3, 0.4) is 0 Å². The Balaban J connectivity index is 1.22. The number of hydrogen-bond acceptors (Lipinski definition) is 5. The van der Waals surface area contributed by atoms with Crippen LogP contribution in [0.25, 0.3) is 10.9 Å². The third-order valence-corrected chi connectivity index (χ3v) is 8.45. The van der Waals surface area contributed by atoms with Crippen molar-refractivity contribution in [3.8, 4) is 5.75 Å². The zero-order valence-corrected chi connectivity index (χ0v) is 21.3. The molecule has 2 aliphatic rings. The van der Waals surface area contributed by atoms with Crippen LogP contribution in [0.5, 0.6) is 5.75 Å². The summed E-state index contributed by atoms with van der Waals surface area (Å²) in [6.45, 7) is 3.18. The molecule has 2 aromatic carbocycles. The number of nitrogens with zero attached hydrogens (tertiary/aromatic N) is 1. The molecule has 1 aromatic heterocycles. The van der Waals surface area contributed by atoms with Gasteiger partial charge in [-0.15, -0.1) is 0 Å². The largest absolute Gasteiger partial charge is 0.616 e. The highest BCUT2D eigenvalue weighted by molar-refractivity contribution is 7.91. The second kappa shape index (κ2) is 11.2. The van der Waals surface area contributed by atoms with E-state index in [1.807, 2.05) is 25.3 Å². The van der Waals surface area contributed by atoms with Crippen LogP contribution in [0.15, 0.2) is 42.6 Å². The Morgan fingerprint density at radius 1 is 1.17 bits per heavy atom. The fourth-order valence-electron chi connectivity index (χ4n) is 4.60. The van der Waals surface area contributed by atoms with Gasteiger partial charge < -0.3 is 19.9 Å². The maximum Gasteiger partial charge on any atom is 0.258 e. The van der Waals surface area contributed by atoms with Crippen LogP contribution in [0.4, 0.5) is 10.1 Å². The van der Waals surface area contributed by atoms with Crippen molar-refractivity contribution >= 4 is 33.7 Å². The smallest absolute Gasteiger partial charge is 0.258 e. The zero-order valence-electron chi connectivity index (χ0n) is 20.5. The molecule has 1 amide bonds. The molecule has 2 fully saturated rings. The van der Waals surface area contributed by atoms with Crippen molar-refractivity contribution in [2.75, 3.05) is 23.4 Å². The summed E-state index contributed by atoms with van der Waals surface area (Å²) in [4.78, 5) is 17.5. The van der Waals surface area contributed by atoms with E-state index in [-0.39, 0.29) is 5.56 Å². The summed E-state index contributed by atoms with van der Waals surface area (Å²) >= 11 is -0.662. The molecule has 0 unspecified atom stereocenters. The second-order valence-electron chi connectivity index (χ2n) is 9.83. The number of amides is 1. The van der Waals surface area contributed by atoms with E-state index in [0.29, 0.717) is 30.6 Å². The maximum absolute atomic E-state index is 14.7. The summed E-state index contributed by atoms with van der Waals surface area (Å²) in [5.41, 5.74) is 3.28. The molecule has 1 aliphatic heterocycles. The van der Waals surface area contributed by atoms with Gasteiger partial charge in [0.05, 0.1) is 17.7 Å². The van der Waals surface area contributed by atoms with E-state index in [0.717, 1.165) is 58.7 Å². The molecule has 2 N–H and O–H groups in total. The van der Waals surface area contributed by atoms with Crippen LogP contribution in [0, 0.1) is 18.7 Å². The van der Waals surface area contributed by atoms with Crippen molar-refractivity contribution in [1.82, 2.24) is 10.3 Å². The number of halogens is 1. The predicted molar refractivity (Wildman–Crippen MR) is 141 cm³/mol. The summed E-state index contributed by atoms with van der Waals surface area (Å²) in [5.74, 6) is 1.62. The van der Waals surface area contributed by atoms with Crippen molar-refractivity contribution < 1.29 is 18.5 Å². The first kappa shape index (κ1) is 25.0. The van der Waals surface area contributed by atoms with E-state index in [1.165, 1.54) is 25.0 Å². The van der Waals surface area contributed by atoms with Gasteiger partial charge >= 0.3 is 0 Å². The standard InChI is InChI=1S/C28H32FN3O3S/c1-18-26(32-28(33)24-6-5-23(15-25(24)29)35-11-8-19-2-3-19)7-4-21-14-20(17-31-27(18)21)16-30-22-9-12-36(34)13-10-22/h4-7,14-15,17,19,22,30H,2-3,8-13,16H2,1H3,(H,32,33)/t22-,36-. The molecule has 2 heterocycles. The van der Waals surface area contributed by atoms with Crippen LogP contribution < -0.4 is 15.4 Å². The Hall–Kier alpha value is -2.68. The molecule has 190 valence electrons. The summed E-state index contributed by atoms with van der Waals surface area (Å²) in [6, 6.07) is 10.6. The average Bonchev–Trinajstić information content (AvgIpc) is 3.70. The van der Waals surface area contributed by atoms with Gasteiger partial charge in [-0.1, -0.05) is 30.1 Å². The highest BCUT2D eigenvalue weighted by atomic mass is 32.2. The average molecular weight is 510 g/mol. The number of aromatic nitrogens is 1. The molecule has 0 bridgehead atoms. The van der Waals surface area contributed by atoms with E-state index in [4.69, 9.17) is 4.74 Å². The molecule has 1 saturated heterocycles. The Morgan fingerprint density at radius 3 is 2.72 bits per heavy atom.